The van der Waals surface area contributed by atoms with Gasteiger partial charge in [0.05, 0.1) is 23.8 Å². The van der Waals surface area contributed by atoms with Gasteiger partial charge in [0.2, 0.25) is 5.91 Å². The molecule has 0 aliphatic heterocycles. The number of pyridine rings is 1. The van der Waals surface area contributed by atoms with Crippen LogP contribution in [0.1, 0.15) is 17.8 Å². The third-order valence-electron chi connectivity index (χ3n) is 4.46. The predicted octanol–water partition coefficient (Wildman–Crippen LogP) is 1.45. The van der Waals surface area contributed by atoms with E-state index in [2.05, 4.69) is 20.5 Å². The number of hydrogen-bond acceptors (Lipinski definition) is 5. The van der Waals surface area contributed by atoms with Crippen molar-refractivity contribution in [3.63, 3.8) is 0 Å². The second-order valence-corrected chi connectivity index (χ2v) is 6.29. The minimum Gasteiger partial charge on any atom is -0.349 e. The molecular weight excluding hydrogens is 344 g/mol. The van der Waals surface area contributed by atoms with E-state index in [1.54, 1.807) is 6.07 Å². The Morgan fingerprint density at radius 2 is 2.04 bits per heavy atom. The number of hydrogen-bond donors (Lipinski definition) is 1. The Hall–Kier alpha value is -3.55. The zero-order chi connectivity index (χ0) is 18.8. The lowest BCUT2D eigenvalue weighted by molar-refractivity contribution is -0.121. The summed E-state index contributed by atoms with van der Waals surface area (Å²) in [5.74, 6) is 0.484. The topological polar surface area (TPSA) is 94.2 Å². The number of carbonyl (C=O) groups excluding carboxylic acids is 1. The summed E-state index contributed by atoms with van der Waals surface area (Å²) in [7, 11) is 0. The average molecular weight is 362 g/mol. The van der Waals surface area contributed by atoms with Crippen LogP contribution in [-0.4, -0.2) is 30.1 Å². The van der Waals surface area contributed by atoms with Crippen LogP contribution in [0.4, 0.5) is 0 Å². The Bertz CT molecular complexity index is 1190. The molecule has 0 saturated carbocycles. The Kier molecular flexibility index (Phi) is 4.37. The largest absolute Gasteiger partial charge is 0.349 e. The average Bonchev–Trinajstić information content (AvgIpc) is 3.10. The molecule has 1 N–H and O–H groups in total. The quantitative estimate of drug-likeness (QED) is 0.580. The zero-order valence-corrected chi connectivity index (χ0v) is 14.8. The number of para-hydroxylation sites is 1. The standard InChI is InChI=1S/C19H18N6O2/c1-13-5-4-6-14-18(13)21-12-24(19(14)27)10-8-17(26)20-11-16-23-22-15-7-2-3-9-25(15)16/h2-7,9,12H,8,10-11H2,1H3,(H,20,26). The van der Waals surface area contributed by atoms with E-state index in [0.717, 1.165) is 11.2 Å². The minimum atomic E-state index is -0.168. The summed E-state index contributed by atoms with van der Waals surface area (Å²) in [5, 5.41) is 11.5. The fourth-order valence-electron chi connectivity index (χ4n) is 3.00. The first-order valence-corrected chi connectivity index (χ1v) is 8.63. The molecule has 4 aromatic rings. The molecule has 1 aromatic carbocycles. The lowest BCUT2D eigenvalue weighted by atomic mass is 10.1. The maximum absolute atomic E-state index is 12.6. The first-order chi connectivity index (χ1) is 13.1. The number of carbonyl (C=O) groups is 1. The van der Waals surface area contributed by atoms with Crippen LogP contribution >= 0.6 is 0 Å². The van der Waals surface area contributed by atoms with Crippen LogP contribution in [0, 0.1) is 6.92 Å². The van der Waals surface area contributed by atoms with Crippen molar-refractivity contribution >= 4 is 22.5 Å². The molecule has 0 aliphatic carbocycles. The number of nitrogens with zero attached hydrogens (tertiary/aromatic N) is 5. The second kappa shape index (κ2) is 6.99. The highest BCUT2D eigenvalue weighted by molar-refractivity contribution is 5.80. The third-order valence-corrected chi connectivity index (χ3v) is 4.46. The molecular formula is C19H18N6O2. The number of aromatic nitrogens is 5. The van der Waals surface area contributed by atoms with Crippen molar-refractivity contribution in [2.45, 2.75) is 26.4 Å². The highest BCUT2D eigenvalue weighted by atomic mass is 16.1. The molecule has 8 nitrogen and oxygen atoms in total. The monoisotopic (exact) mass is 362 g/mol. The van der Waals surface area contributed by atoms with E-state index < -0.39 is 0 Å². The van der Waals surface area contributed by atoms with Crippen LogP contribution < -0.4 is 10.9 Å². The second-order valence-electron chi connectivity index (χ2n) is 6.29. The first kappa shape index (κ1) is 16.9. The molecule has 3 aromatic heterocycles. The van der Waals surface area contributed by atoms with E-state index in [-0.39, 0.29) is 31.0 Å². The SMILES string of the molecule is Cc1cccc2c(=O)n(CCC(=O)NCc3nnc4ccccn34)cnc12. The Balaban J connectivity index is 1.41. The van der Waals surface area contributed by atoms with E-state index in [9.17, 15) is 9.59 Å². The fourth-order valence-corrected chi connectivity index (χ4v) is 3.00. The fraction of sp³-hybridized carbons (Fsp3) is 0.211. The molecule has 4 rings (SSSR count). The summed E-state index contributed by atoms with van der Waals surface area (Å²) in [5.41, 5.74) is 2.24. The minimum absolute atomic E-state index is 0.139. The predicted molar refractivity (Wildman–Crippen MR) is 100 cm³/mol. The molecule has 3 heterocycles. The number of rotatable bonds is 5. The van der Waals surface area contributed by atoms with E-state index in [0.29, 0.717) is 16.7 Å². The molecule has 27 heavy (non-hydrogen) atoms. The van der Waals surface area contributed by atoms with Gasteiger partial charge in [0.15, 0.2) is 11.5 Å². The van der Waals surface area contributed by atoms with E-state index in [1.807, 2.05) is 47.9 Å². The molecule has 136 valence electrons. The highest BCUT2D eigenvalue weighted by Gasteiger charge is 2.09. The van der Waals surface area contributed by atoms with Crippen LogP contribution in [0.5, 0.6) is 0 Å². The number of benzene rings is 1. The molecule has 0 atom stereocenters. The van der Waals surface area contributed by atoms with Gasteiger partial charge in [-0.1, -0.05) is 18.2 Å². The van der Waals surface area contributed by atoms with Crippen LogP contribution in [0.2, 0.25) is 0 Å². The smallest absolute Gasteiger partial charge is 0.261 e. The van der Waals surface area contributed by atoms with Gasteiger partial charge in [0.25, 0.3) is 5.56 Å². The number of aryl methyl sites for hydroxylation is 2. The van der Waals surface area contributed by atoms with Gasteiger partial charge in [-0.05, 0) is 30.7 Å². The van der Waals surface area contributed by atoms with Crippen LogP contribution in [-0.2, 0) is 17.9 Å². The normalized spacial score (nSPS) is 11.1. The third kappa shape index (κ3) is 3.29. The summed E-state index contributed by atoms with van der Waals surface area (Å²) in [6, 6.07) is 11.1. The van der Waals surface area contributed by atoms with Gasteiger partial charge >= 0.3 is 0 Å². The molecule has 0 aliphatic rings. The number of fused-ring (bicyclic) bond motifs is 2. The van der Waals surface area contributed by atoms with Gasteiger partial charge in [0.1, 0.15) is 0 Å². The summed E-state index contributed by atoms with van der Waals surface area (Å²) in [6.07, 6.45) is 3.52. The van der Waals surface area contributed by atoms with E-state index >= 15 is 0 Å². The lowest BCUT2D eigenvalue weighted by Gasteiger charge is -2.08. The lowest BCUT2D eigenvalue weighted by Crippen LogP contribution is -2.28. The van der Waals surface area contributed by atoms with Crippen molar-refractivity contribution in [1.29, 1.82) is 0 Å². The number of amides is 1. The molecule has 0 bridgehead atoms. The van der Waals surface area contributed by atoms with E-state index in [4.69, 9.17) is 0 Å². The maximum Gasteiger partial charge on any atom is 0.261 e. The Morgan fingerprint density at radius 3 is 2.93 bits per heavy atom. The van der Waals surface area contributed by atoms with Gasteiger partial charge in [-0.25, -0.2) is 4.98 Å². The van der Waals surface area contributed by atoms with Gasteiger partial charge < -0.3 is 5.32 Å². The molecule has 0 fully saturated rings. The van der Waals surface area contributed by atoms with Crippen molar-refractivity contribution in [2.24, 2.45) is 0 Å². The van der Waals surface area contributed by atoms with Crippen molar-refractivity contribution in [1.82, 2.24) is 29.5 Å². The summed E-state index contributed by atoms with van der Waals surface area (Å²) < 4.78 is 3.29. The summed E-state index contributed by atoms with van der Waals surface area (Å²) in [4.78, 5) is 29.1. The van der Waals surface area contributed by atoms with Crippen molar-refractivity contribution in [2.75, 3.05) is 0 Å². The molecule has 0 spiro atoms. The van der Waals surface area contributed by atoms with Crippen LogP contribution in [0.3, 0.4) is 0 Å². The first-order valence-electron chi connectivity index (χ1n) is 8.63. The van der Waals surface area contributed by atoms with Crippen molar-refractivity contribution in [3.05, 3.63) is 70.7 Å². The van der Waals surface area contributed by atoms with Gasteiger partial charge in [-0.2, -0.15) is 0 Å². The zero-order valence-electron chi connectivity index (χ0n) is 14.8. The molecule has 0 radical (unpaired) electrons. The maximum atomic E-state index is 12.6. The van der Waals surface area contributed by atoms with Crippen molar-refractivity contribution in [3.8, 4) is 0 Å². The molecule has 8 heteroatoms. The highest BCUT2D eigenvalue weighted by Crippen LogP contribution is 2.11. The van der Waals surface area contributed by atoms with Gasteiger partial charge in [-0.15, -0.1) is 10.2 Å². The molecule has 0 unspecified atom stereocenters. The van der Waals surface area contributed by atoms with E-state index in [1.165, 1.54) is 10.9 Å². The Morgan fingerprint density at radius 1 is 1.15 bits per heavy atom. The molecule has 0 saturated heterocycles. The summed E-state index contributed by atoms with van der Waals surface area (Å²) >= 11 is 0. The van der Waals surface area contributed by atoms with Gasteiger partial charge in [0, 0.05) is 19.2 Å². The van der Waals surface area contributed by atoms with Crippen LogP contribution in [0.15, 0.2) is 53.7 Å². The number of nitrogens with one attached hydrogen (secondary N) is 1. The van der Waals surface area contributed by atoms with Crippen LogP contribution in [0.25, 0.3) is 16.6 Å². The summed E-state index contributed by atoms with van der Waals surface area (Å²) in [6.45, 7) is 2.46. The Labute approximate surface area is 154 Å². The van der Waals surface area contributed by atoms with Crippen molar-refractivity contribution < 1.29 is 4.79 Å². The molecule has 1 amide bonds. The van der Waals surface area contributed by atoms with Gasteiger partial charge in [-0.3, -0.25) is 18.6 Å².